The molecule has 4 nitrogen and oxygen atoms in total. The molecule has 1 atom stereocenters. The largest absolute Gasteiger partial charge is 0.342 e. The van der Waals surface area contributed by atoms with Crippen LogP contribution in [0.15, 0.2) is 67.0 Å². The molecule has 1 fully saturated rings. The first-order valence-electron chi connectivity index (χ1n) is 10.0. The van der Waals surface area contributed by atoms with Crippen LogP contribution in [-0.4, -0.2) is 33.9 Å². The van der Waals surface area contributed by atoms with E-state index in [0.29, 0.717) is 24.9 Å². The van der Waals surface area contributed by atoms with Crippen LogP contribution < -0.4 is 0 Å². The second kappa shape index (κ2) is 8.95. The SMILES string of the molecule is O=C(Cc1cccnc1)N1CCCC(c2cccc(Cc3ccccc3F)n2)C1. The molecular formula is C24H24FN3O. The number of carbonyl (C=O) groups is 1. The average molecular weight is 389 g/mol. The van der Waals surface area contributed by atoms with Crippen molar-refractivity contribution in [2.75, 3.05) is 13.1 Å². The van der Waals surface area contributed by atoms with Gasteiger partial charge in [0.05, 0.1) is 6.42 Å². The fraction of sp³-hybridized carbons (Fsp3) is 0.292. The molecule has 0 aliphatic carbocycles. The monoisotopic (exact) mass is 389 g/mol. The number of amides is 1. The third-order valence-electron chi connectivity index (χ3n) is 5.43. The van der Waals surface area contributed by atoms with Crippen LogP contribution in [0.3, 0.4) is 0 Å². The molecule has 5 heteroatoms. The van der Waals surface area contributed by atoms with Crippen LogP contribution in [0.1, 0.15) is 41.3 Å². The first kappa shape index (κ1) is 19.2. The molecule has 1 aliphatic rings. The van der Waals surface area contributed by atoms with Crippen molar-refractivity contribution in [1.29, 1.82) is 0 Å². The number of nitrogens with zero attached hydrogens (tertiary/aromatic N) is 3. The number of pyridine rings is 2. The van der Waals surface area contributed by atoms with Gasteiger partial charge in [-0.2, -0.15) is 0 Å². The molecule has 1 saturated heterocycles. The minimum atomic E-state index is -0.204. The van der Waals surface area contributed by atoms with Gasteiger partial charge in [0.15, 0.2) is 0 Å². The number of piperidine rings is 1. The zero-order valence-corrected chi connectivity index (χ0v) is 16.3. The van der Waals surface area contributed by atoms with Crippen molar-refractivity contribution in [1.82, 2.24) is 14.9 Å². The molecule has 0 radical (unpaired) electrons. The summed E-state index contributed by atoms with van der Waals surface area (Å²) in [6, 6.07) is 16.5. The van der Waals surface area contributed by atoms with Crippen molar-refractivity contribution in [2.24, 2.45) is 0 Å². The van der Waals surface area contributed by atoms with E-state index in [2.05, 4.69) is 4.98 Å². The average Bonchev–Trinajstić information content (AvgIpc) is 2.76. The van der Waals surface area contributed by atoms with Gasteiger partial charge in [-0.15, -0.1) is 0 Å². The molecule has 4 rings (SSSR count). The number of likely N-dealkylation sites (tertiary alicyclic amines) is 1. The van der Waals surface area contributed by atoms with Crippen LogP contribution in [0, 0.1) is 5.82 Å². The number of halogens is 1. The van der Waals surface area contributed by atoms with Gasteiger partial charge in [-0.25, -0.2) is 4.39 Å². The first-order chi connectivity index (χ1) is 14.2. The Morgan fingerprint density at radius 3 is 2.83 bits per heavy atom. The third kappa shape index (κ3) is 4.86. The summed E-state index contributed by atoms with van der Waals surface area (Å²) in [6.45, 7) is 1.46. The van der Waals surface area contributed by atoms with Gasteiger partial charge in [0.25, 0.3) is 0 Å². The molecule has 2 aromatic heterocycles. The highest BCUT2D eigenvalue weighted by atomic mass is 19.1. The summed E-state index contributed by atoms with van der Waals surface area (Å²) in [5.74, 6) is 0.136. The Balaban J connectivity index is 1.44. The Hall–Kier alpha value is -3.08. The van der Waals surface area contributed by atoms with Gasteiger partial charge in [0.1, 0.15) is 5.82 Å². The smallest absolute Gasteiger partial charge is 0.227 e. The lowest BCUT2D eigenvalue weighted by Gasteiger charge is -2.32. The molecule has 3 heterocycles. The highest BCUT2D eigenvalue weighted by Gasteiger charge is 2.25. The summed E-state index contributed by atoms with van der Waals surface area (Å²) in [4.78, 5) is 23.5. The zero-order chi connectivity index (χ0) is 20.1. The van der Waals surface area contributed by atoms with Gasteiger partial charge < -0.3 is 4.90 Å². The predicted molar refractivity (Wildman–Crippen MR) is 110 cm³/mol. The van der Waals surface area contributed by atoms with Crippen molar-refractivity contribution in [3.05, 3.63) is 95.3 Å². The Kier molecular flexibility index (Phi) is 5.94. The number of benzene rings is 1. The standard InChI is InChI=1S/C24H24FN3O/c25-22-10-2-1-7-19(22)15-21-9-3-11-23(27-21)20-8-5-13-28(17-20)24(29)14-18-6-4-12-26-16-18/h1-4,6-7,9-12,16,20H,5,8,13-15,17H2. The molecule has 1 amide bonds. The summed E-state index contributed by atoms with van der Waals surface area (Å²) in [6.07, 6.45) is 6.27. The van der Waals surface area contributed by atoms with Crippen LogP contribution in [0.4, 0.5) is 4.39 Å². The van der Waals surface area contributed by atoms with E-state index in [-0.39, 0.29) is 17.6 Å². The maximum atomic E-state index is 14.0. The molecule has 1 aliphatic heterocycles. The summed E-state index contributed by atoms with van der Waals surface area (Å²) in [5, 5.41) is 0. The summed E-state index contributed by atoms with van der Waals surface area (Å²) in [7, 11) is 0. The van der Waals surface area contributed by atoms with E-state index in [1.54, 1.807) is 24.5 Å². The molecule has 0 bridgehead atoms. The minimum Gasteiger partial charge on any atom is -0.342 e. The molecule has 29 heavy (non-hydrogen) atoms. The number of hydrogen-bond acceptors (Lipinski definition) is 3. The summed E-state index contributed by atoms with van der Waals surface area (Å²) in [5.41, 5.74) is 3.42. The van der Waals surface area contributed by atoms with Gasteiger partial charge in [-0.3, -0.25) is 14.8 Å². The number of rotatable bonds is 5. The molecule has 148 valence electrons. The van der Waals surface area contributed by atoms with E-state index in [1.807, 2.05) is 41.3 Å². The van der Waals surface area contributed by atoms with E-state index in [9.17, 15) is 9.18 Å². The Bertz CT molecular complexity index is 977. The third-order valence-corrected chi connectivity index (χ3v) is 5.43. The minimum absolute atomic E-state index is 0.130. The normalized spacial score (nSPS) is 16.6. The summed E-state index contributed by atoms with van der Waals surface area (Å²) < 4.78 is 14.0. The quantitative estimate of drug-likeness (QED) is 0.658. The summed E-state index contributed by atoms with van der Waals surface area (Å²) >= 11 is 0. The molecule has 0 spiro atoms. The van der Waals surface area contributed by atoms with E-state index < -0.39 is 0 Å². The van der Waals surface area contributed by atoms with Crippen LogP contribution in [0.2, 0.25) is 0 Å². The van der Waals surface area contributed by atoms with Crippen molar-refractivity contribution in [2.45, 2.75) is 31.6 Å². The fourth-order valence-electron chi connectivity index (χ4n) is 3.90. The molecule has 1 unspecified atom stereocenters. The Morgan fingerprint density at radius 1 is 1.10 bits per heavy atom. The van der Waals surface area contributed by atoms with Crippen LogP contribution in [-0.2, 0) is 17.6 Å². The van der Waals surface area contributed by atoms with Crippen molar-refractivity contribution in [3.8, 4) is 0 Å². The van der Waals surface area contributed by atoms with Crippen LogP contribution in [0.5, 0.6) is 0 Å². The number of aromatic nitrogens is 2. The lowest BCUT2D eigenvalue weighted by Crippen LogP contribution is -2.40. The highest BCUT2D eigenvalue weighted by Crippen LogP contribution is 2.26. The maximum absolute atomic E-state index is 14.0. The van der Waals surface area contributed by atoms with E-state index in [1.165, 1.54) is 6.07 Å². The zero-order valence-electron chi connectivity index (χ0n) is 16.3. The maximum Gasteiger partial charge on any atom is 0.227 e. The van der Waals surface area contributed by atoms with Gasteiger partial charge >= 0.3 is 0 Å². The molecular weight excluding hydrogens is 365 g/mol. The first-order valence-corrected chi connectivity index (χ1v) is 10.0. The predicted octanol–water partition coefficient (Wildman–Crippen LogP) is 4.16. The van der Waals surface area contributed by atoms with Gasteiger partial charge in [0, 0.05) is 49.2 Å². The van der Waals surface area contributed by atoms with E-state index in [4.69, 9.17) is 4.98 Å². The highest BCUT2D eigenvalue weighted by molar-refractivity contribution is 5.78. The van der Waals surface area contributed by atoms with Crippen molar-refractivity contribution in [3.63, 3.8) is 0 Å². The topological polar surface area (TPSA) is 46.1 Å². The molecule has 0 saturated carbocycles. The molecule has 0 N–H and O–H groups in total. The lowest BCUT2D eigenvalue weighted by atomic mass is 9.93. The van der Waals surface area contributed by atoms with Crippen LogP contribution >= 0.6 is 0 Å². The Labute approximate surface area is 170 Å². The second-order valence-electron chi connectivity index (χ2n) is 7.54. The number of hydrogen-bond donors (Lipinski definition) is 0. The number of carbonyl (C=O) groups excluding carboxylic acids is 1. The van der Waals surface area contributed by atoms with Crippen molar-refractivity contribution < 1.29 is 9.18 Å². The van der Waals surface area contributed by atoms with Gasteiger partial charge in [-0.05, 0) is 48.2 Å². The van der Waals surface area contributed by atoms with Crippen LogP contribution in [0.25, 0.3) is 0 Å². The van der Waals surface area contributed by atoms with E-state index >= 15 is 0 Å². The molecule has 3 aromatic rings. The lowest BCUT2D eigenvalue weighted by molar-refractivity contribution is -0.131. The second-order valence-corrected chi connectivity index (χ2v) is 7.54. The fourth-order valence-corrected chi connectivity index (χ4v) is 3.90. The van der Waals surface area contributed by atoms with Gasteiger partial charge in [0.2, 0.25) is 5.91 Å². The van der Waals surface area contributed by atoms with Crippen molar-refractivity contribution >= 4 is 5.91 Å². The Morgan fingerprint density at radius 2 is 2.00 bits per heavy atom. The van der Waals surface area contributed by atoms with Gasteiger partial charge in [-0.1, -0.05) is 30.3 Å². The molecule has 1 aromatic carbocycles. The van der Waals surface area contributed by atoms with E-state index in [0.717, 1.165) is 36.3 Å².